The SMILES string of the molecule is COc1cccc(C2CCCN2c2ccc(S(=O)(=O)N3CCOCC3)cc2[N+](=O)[O-])c1. The number of methoxy groups -OCH3 is 1. The molecule has 10 heteroatoms. The molecule has 2 aromatic carbocycles. The topological polar surface area (TPSA) is 102 Å². The van der Waals surface area contributed by atoms with Crippen molar-refractivity contribution in [2.75, 3.05) is 44.9 Å². The van der Waals surface area contributed by atoms with Crippen molar-refractivity contribution in [2.45, 2.75) is 23.8 Å². The van der Waals surface area contributed by atoms with Gasteiger partial charge in [0.25, 0.3) is 5.69 Å². The molecule has 2 saturated heterocycles. The van der Waals surface area contributed by atoms with E-state index in [0.29, 0.717) is 25.4 Å². The lowest BCUT2D eigenvalue weighted by molar-refractivity contribution is -0.384. The molecule has 166 valence electrons. The van der Waals surface area contributed by atoms with Crippen molar-refractivity contribution in [3.05, 3.63) is 58.1 Å². The predicted octanol–water partition coefficient (Wildman–Crippen LogP) is 2.97. The number of sulfonamides is 1. The molecule has 0 saturated carbocycles. The van der Waals surface area contributed by atoms with Crippen molar-refractivity contribution >= 4 is 21.4 Å². The first-order chi connectivity index (χ1) is 14.9. The van der Waals surface area contributed by atoms with Crippen molar-refractivity contribution < 1.29 is 22.8 Å². The van der Waals surface area contributed by atoms with Gasteiger partial charge in [-0.05, 0) is 42.7 Å². The van der Waals surface area contributed by atoms with E-state index in [9.17, 15) is 18.5 Å². The summed E-state index contributed by atoms with van der Waals surface area (Å²) in [5, 5.41) is 11.9. The van der Waals surface area contributed by atoms with Gasteiger partial charge < -0.3 is 14.4 Å². The fourth-order valence-electron chi connectivity index (χ4n) is 4.24. The van der Waals surface area contributed by atoms with Crippen LogP contribution in [-0.4, -0.2) is 57.6 Å². The van der Waals surface area contributed by atoms with Crippen LogP contribution in [-0.2, 0) is 14.8 Å². The Bertz CT molecular complexity index is 1070. The van der Waals surface area contributed by atoms with Gasteiger partial charge in [-0.15, -0.1) is 0 Å². The van der Waals surface area contributed by atoms with Crippen LogP contribution < -0.4 is 9.64 Å². The number of anilines is 1. The summed E-state index contributed by atoms with van der Waals surface area (Å²) in [6.45, 7) is 1.76. The molecule has 2 fully saturated rings. The van der Waals surface area contributed by atoms with E-state index in [0.717, 1.165) is 24.2 Å². The molecule has 0 aliphatic carbocycles. The van der Waals surface area contributed by atoms with Gasteiger partial charge in [0.2, 0.25) is 10.0 Å². The van der Waals surface area contributed by atoms with Crippen molar-refractivity contribution in [2.24, 2.45) is 0 Å². The van der Waals surface area contributed by atoms with Crippen LogP contribution in [0.3, 0.4) is 0 Å². The Labute approximate surface area is 181 Å². The van der Waals surface area contributed by atoms with Crippen molar-refractivity contribution in [1.29, 1.82) is 0 Å². The highest BCUT2D eigenvalue weighted by Gasteiger charge is 2.34. The number of nitrogens with zero attached hydrogens (tertiary/aromatic N) is 3. The molecule has 0 amide bonds. The minimum atomic E-state index is -3.82. The lowest BCUT2D eigenvalue weighted by Crippen LogP contribution is -2.40. The van der Waals surface area contributed by atoms with E-state index in [2.05, 4.69) is 0 Å². The summed E-state index contributed by atoms with van der Waals surface area (Å²) in [5.41, 5.74) is 1.23. The van der Waals surface area contributed by atoms with Gasteiger partial charge in [-0.25, -0.2) is 8.42 Å². The fourth-order valence-corrected chi connectivity index (χ4v) is 5.67. The highest BCUT2D eigenvalue weighted by atomic mass is 32.2. The zero-order chi connectivity index (χ0) is 22.0. The van der Waals surface area contributed by atoms with Gasteiger partial charge in [-0.2, -0.15) is 4.31 Å². The number of benzene rings is 2. The fraction of sp³-hybridized carbons (Fsp3) is 0.429. The molecule has 2 heterocycles. The zero-order valence-corrected chi connectivity index (χ0v) is 18.1. The van der Waals surface area contributed by atoms with Crippen LogP contribution in [0.15, 0.2) is 47.4 Å². The zero-order valence-electron chi connectivity index (χ0n) is 17.3. The third-order valence-electron chi connectivity index (χ3n) is 5.79. The molecule has 2 aromatic rings. The Kier molecular flexibility index (Phi) is 6.12. The molecule has 0 N–H and O–H groups in total. The molecule has 2 aliphatic rings. The van der Waals surface area contributed by atoms with Crippen molar-refractivity contribution in [3.8, 4) is 5.75 Å². The van der Waals surface area contributed by atoms with E-state index in [4.69, 9.17) is 9.47 Å². The largest absolute Gasteiger partial charge is 0.497 e. The van der Waals surface area contributed by atoms with E-state index in [1.165, 1.54) is 16.4 Å². The molecular formula is C21H25N3O6S. The summed E-state index contributed by atoms with van der Waals surface area (Å²) < 4.78 is 37.8. The summed E-state index contributed by atoms with van der Waals surface area (Å²) in [6.07, 6.45) is 1.73. The van der Waals surface area contributed by atoms with Gasteiger partial charge in [0.05, 0.1) is 36.2 Å². The molecule has 0 radical (unpaired) electrons. The monoisotopic (exact) mass is 447 g/mol. The smallest absolute Gasteiger partial charge is 0.293 e. The van der Waals surface area contributed by atoms with Crippen LogP contribution in [0.2, 0.25) is 0 Å². The summed E-state index contributed by atoms with van der Waals surface area (Å²) in [5.74, 6) is 0.728. The standard InChI is InChI=1S/C21H25N3O6S/c1-29-17-5-2-4-16(14-17)19-6-3-9-23(19)20-8-7-18(15-21(20)24(25)26)31(27,28)22-10-12-30-13-11-22/h2,4-5,7-8,14-15,19H,3,6,9-13H2,1H3. The maximum atomic E-state index is 13.0. The van der Waals surface area contributed by atoms with Crippen LogP contribution in [0, 0.1) is 10.1 Å². The van der Waals surface area contributed by atoms with Crippen molar-refractivity contribution in [3.63, 3.8) is 0 Å². The maximum absolute atomic E-state index is 13.0. The molecule has 31 heavy (non-hydrogen) atoms. The second kappa shape index (κ2) is 8.81. The second-order valence-corrected chi connectivity index (χ2v) is 9.49. The van der Waals surface area contributed by atoms with Gasteiger partial charge in [0.15, 0.2) is 0 Å². The molecule has 0 spiro atoms. The number of nitro groups is 1. The van der Waals surface area contributed by atoms with Crippen molar-refractivity contribution in [1.82, 2.24) is 4.31 Å². The molecule has 0 aromatic heterocycles. The third kappa shape index (κ3) is 4.23. The van der Waals surface area contributed by atoms with E-state index in [1.807, 2.05) is 29.2 Å². The van der Waals surface area contributed by atoms with Gasteiger partial charge in [0, 0.05) is 25.7 Å². The van der Waals surface area contributed by atoms with Gasteiger partial charge in [-0.3, -0.25) is 10.1 Å². The van der Waals surface area contributed by atoms with Gasteiger partial charge in [-0.1, -0.05) is 12.1 Å². The number of morpholine rings is 1. The minimum Gasteiger partial charge on any atom is -0.497 e. The molecule has 0 bridgehead atoms. The van der Waals surface area contributed by atoms with E-state index in [1.54, 1.807) is 13.2 Å². The lowest BCUT2D eigenvalue weighted by atomic mass is 10.0. The average molecular weight is 448 g/mol. The molecular weight excluding hydrogens is 422 g/mol. The first-order valence-corrected chi connectivity index (χ1v) is 11.6. The first-order valence-electron chi connectivity index (χ1n) is 10.2. The van der Waals surface area contributed by atoms with Gasteiger partial charge in [0.1, 0.15) is 11.4 Å². The Hall–Kier alpha value is -2.69. The Balaban J connectivity index is 1.70. The Morgan fingerprint density at radius 2 is 1.90 bits per heavy atom. The van der Waals surface area contributed by atoms with Gasteiger partial charge >= 0.3 is 0 Å². The van der Waals surface area contributed by atoms with E-state index < -0.39 is 14.9 Å². The second-order valence-electron chi connectivity index (χ2n) is 7.55. The molecule has 9 nitrogen and oxygen atoms in total. The summed E-state index contributed by atoms with van der Waals surface area (Å²) in [7, 11) is -2.22. The van der Waals surface area contributed by atoms with Crippen LogP contribution in [0.25, 0.3) is 0 Å². The minimum absolute atomic E-state index is 0.0458. The van der Waals surface area contributed by atoms with Crippen LogP contribution in [0.1, 0.15) is 24.4 Å². The lowest BCUT2D eigenvalue weighted by Gasteiger charge is -2.28. The first kappa shape index (κ1) is 21.5. The molecule has 4 rings (SSSR count). The highest BCUT2D eigenvalue weighted by Crippen LogP contribution is 2.42. The summed E-state index contributed by atoms with van der Waals surface area (Å²) >= 11 is 0. The van der Waals surface area contributed by atoms with Crippen LogP contribution in [0.4, 0.5) is 11.4 Å². The summed E-state index contributed by atoms with van der Waals surface area (Å²) in [4.78, 5) is 13.3. The van der Waals surface area contributed by atoms with E-state index >= 15 is 0 Å². The number of hydrogen-bond donors (Lipinski definition) is 0. The Morgan fingerprint density at radius 1 is 1.13 bits per heavy atom. The molecule has 1 unspecified atom stereocenters. The number of hydrogen-bond acceptors (Lipinski definition) is 7. The molecule has 2 aliphatic heterocycles. The van der Waals surface area contributed by atoms with E-state index in [-0.39, 0.29) is 29.7 Å². The average Bonchev–Trinajstić information content (AvgIpc) is 3.29. The third-order valence-corrected chi connectivity index (χ3v) is 7.69. The number of ether oxygens (including phenoxy) is 2. The predicted molar refractivity (Wildman–Crippen MR) is 115 cm³/mol. The van der Waals surface area contributed by atoms with Crippen LogP contribution in [0.5, 0.6) is 5.75 Å². The molecule has 1 atom stereocenters. The summed E-state index contributed by atoms with van der Waals surface area (Å²) in [6, 6.07) is 11.8. The normalized spacial score (nSPS) is 20.0. The van der Waals surface area contributed by atoms with Crippen LogP contribution >= 0.6 is 0 Å². The highest BCUT2D eigenvalue weighted by molar-refractivity contribution is 7.89. The maximum Gasteiger partial charge on any atom is 0.293 e. The number of rotatable bonds is 6. The quantitative estimate of drug-likeness (QED) is 0.495. The number of nitro benzene ring substituents is 1. The Morgan fingerprint density at radius 3 is 2.61 bits per heavy atom.